The molecule has 1 unspecified atom stereocenters. The minimum atomic E-state index is -1.59. The molecule has 10 heteroatoms. The van der Waals surface area contributed by atoms with E-state index < -0.39 is 35.7 Å². The molecule has 0 saturated heterocycles. The fraction of sp³-hybridized carbons (Fsp3) is 0.667. The third-order valence-electron chi connectivity index (χ3n) is 5.40. The number of methoxy groups -OCH3 is 1. The van der Waals surface area contributed by atoms with Crippen molar-refractivity contribution in [2.45, 2.75) is 99.6 Å². The van der Waals surface area contributed by atoms with Gasteiger partial charge in [0.25, 0.3) is 0 Å². The topological polar surface area (TPSA) is 140 Å². The van der Waals surface area contributed by atoms with E-state index in [1.54, 1.807) is 13.0 Å². The van der Waals surface area contributed by atoms with Gasteiger partial charge in [0.1, 0.15) is 11.6 Å². The van der Waals surface area contributed by atoms with Crippen LogP contribution in [0.2, 0.25) is 0 Å². The van der Waals surface area contributed by atoms with E-state index in [4.69, 9.17) is 29.4 Å². The monoisotopic (exact) mass is 565 g/mol. The molecule has 0 radical (unpaired) electrons. The zero-order valence-electron chi connectivity index (χ0n) is 25.7. The van der Waals surface area contributed by atoms with Gasteiger partial charge in [0.05, 0.1) is 26.6 Å². The Balaban J connectivity index is 3.26. The van der Waals surface area contributed by atoms with E-state index in [2.05, 4.69) is 0 Å². The molecule has 1 aromatic carbocycles. The number of rotatable bonds is 12. The van der Waals surface area contributed by atoms with Crippen molar-refractivity contribution in [1.82, 2.24) is 0 Å². The van der Waals surface area contributed by atoms with Gasteiger partial charge >= 0.3 is 24.1 Å². The van der Waals surface area contributed by atoms with Crippen LogP contribution in [-0.2, 0) is 35.0 Å². The summed E-state index contributed by atoms with van der Waals surface area (Å²) in [5.41, 5.74) is 4.79. The van der Waals surface area contributed by atoms with Crippen LogP contribution in [0, 0.1) is 16.7 Å². The van der Waals surface area contributed by atoms with Crippen molar-refractivity contribution in [3.8, 4) is 11.5 Å². The molecule has 0 aliphatic carbocycles. The first kappa shape index (κ1) is 34.9. The average Bonchev–Trinajstić information content (AvgIpc) is 2.76. The van der Waals surface area contributed by atoms with E-state index >= 15 is 0 Å². The molecule has 226 valence electrons. The Morgan fingerprint density at radius 3 is 1.85 bits per heavy atom. The van der Waals surface area contributed by atoms with Crippen molar-refractivity contribution in [2.24, 2.45) is 22.5 Å². The molecule has 0 bridgehead atoms. The first-order valence-corrected chi connectivity index (χ1v) is 13.5. The van der Waals surface area contributed by atoms with Gasteiger partial charge in [-0.25, -0.2) is 4.79 Å². The summed E-state index contributed by atoms with van der Waals surface area (Å²) in [4.78, 5) is 50.0. The van der Waals surface area contributed by atoms with Crippen molar-refractivity contribution in [3.63, 3.8) is 0 Å². The Morgan fingerprint density at radius 2 is 1.38 bits per heavy atom. The second-order valence-electron chi connectivity index (χ2n) is 13.1. The number of carbonyl (C=O) groups excluding carboxylic acids is 4. The fourth-order valence-electron chi connectivity index (χ4n) is 3.79. The Hall–Kier alpha value is -3.14. The van der Waals surface area contributed by atoms with Crippen LogP contribution in [0.1, 0.15) is 87.1 Å². The standard InChI is InChI=1S/C30H47NO9/c1-19(2)18-37-27(35)38-20(3)14-30(31,26(34)36-10)15-21-11-12-22(39-24(32)16-28(4,5)6)23(13-21)40-25(33)17-29(7,8)9/h11-13,19-20H,14-18,31H2,1-10H3/t20-,30?/m0/s1. The molecule has 0 spiro atoms. The second-order valence-corrected chi connectivity index (χ2v) is 13.1. The maximum Gasteiger partial charge on any atom is 0.508 e. The number of hydrogen-bond donors (Lipinski definition) is 1. The highest BCUT2D eigenvalue weighted by atomic mass is 16.7. The summed E-state index contributed by atoms with van der Waals surface area (Å²) in [7, 11) is 1.21. The lowest BCUT2D eigenvalue weighted by atomic mass is 9.86. The Kier molecular flexibility index (Phi) is 12.6. The molecule has 0 amide bonds. The molecule has 10 nitrogen and oxygen atoms in total. The van der Waals surface area contributed by atoms with Crippen LogP contribution in [0.4, 0.5) is 4.79 Å². The number of ether oxygens (including phenoxy) is 5. The summed E-state index contributed by atoms with van der Waals surface area (Å²) in [5, 5.41) is 0. The normalized spacial score (nSPS) is 14.1. The van der Waals surface area contributed by atoms with Crippen molar-refractivity contribution in [1.29, 1.82) is 0 Å². The summed E-state index contributed by atoms with van der Waals surface area (Å²) in [5.74, 6) is -1.47. The zero-order chi connectivity index (χ0) is 30.9. The van der Waals surface area contributed by atoms with Crippen LogP contribution in [0.15, 0.2) is 18.2 Å². The molecule has 2 atom stereocenters. The van der Waals surface area contributed by atoms with Gasteiger partial charge in [-0.1, -0.05) is 61.5 Å². The molecule has 1 rings (SSSR count). The summed E-state index contributed by atoms with van der Waals surface area (Å²) >= 11 is 0. The molecular weight excluding hydrogens is 518 g/mol. The highest BCUT2D eigenvalue weighted by Crippen LogP contribution is 2.33. The molecule has 0 saturated carbocycles. The summed E-state index contributed by atoms with van der Waals surface area (Å²) < 4.78 is 26.4. The van der Waals surface area contributed by atoms with Crippen molar-refractivity contribution >= 4 is 24.1 Å². The van der Waals surface area contributed by atoms with E-state index in [9.17, 15) is 19.2 Å². The number of carbonyl (C=O) groups is 4. The van der Waals surface area contributed by atoms with Gasteiger partial charge in [0.2, 0.25) is 0 Å². The van der Waals surface area contributed by atoms with Crippen molar-refractivity contribution in [2.75, 3.05) is 13.7 Å². The van der Waals surface area contributed by atoms with Crippen LogP contribution in [-0.4, -0.2) is 49.4 Å². The maximum atomic E-state index is 12.8. The Labute approximate surface area is 238 Å². The third kappa shape index (κ3) is 13.3. The van der Waals surface area contributed by atoms with Gasteiger partial charge < -0.3 is 29.4 Å². The van der Waals surface area contributed by atoms with Gasteiger partial charge in [-0.05, 0) is 41.4 Å². The van der Waals surface area contributed by atoms with E-state index in [0.717, 1.165) is 0 Å². The SMILES string of the molecule is COC(=O)C(N)(Cc1ccc(OC(=O)CC(C)(C)C)c(OC(=O)CC(C)(C)C)c1)C[C@H](C)OC(=O)OCC(C)C. The van der Waals surface area contributed by atoms with Crippen LogP contribution < -0.4 is 15.2 Å². The van der Waals surface area contributed by atoms with Crippen LogP contribution in [0.5, 0.6) is 11.5 Å². The Bertz CT molecular complexity index is 1040. The highest BCUT2D eigenvalue weighted by molar-refractivity contribution is 5.81. The fourth-order valence-corrected chi connectivity index (χ4v) is 3.79. The third-order valence-corrected chi connectivity index (χ3v) is 5.40. The number of nitrogens with two attached hydrogens (primary N) is 1. The minimum absolute atomic E-state index is 0.0304. The lowest BCUT2D eigenvalue weighted by Crippen LogP contribution is -2.53. The quantitative estimate of drug-likeness (QED) is 0.260. The lowest BCUT2D eigenvalue weighted by molar-refractivity contribution is -0.148. The maximum absolute atomic E-state index is 12.8. The average molecular weight is 566 g/mol. The minimum Gasteiger partial charge on any atom is -0.468 e. The van der Waals surface area contributed by atoms with Gasteiger partial charge in [0.15, 0.2) is 11.5 Å². The molecule has 0 aromatic heterocycles. The summed E-state index contributed by atoms with van der Waals surface area (Å²) in [6.07, 6.45) is -1.48. The molecular formula is C30H47NO9. The Morgan fingerprint density at radius 1 is 0.850 bits per heavy atom. The first-order valence-electron chi connectivity index (χ1n) is 13.5. The molecule has 0 fully saturated rings. The van der Waals surface area contributed by atoms with Gasteiger partial charge in [-0.3, -0.25) is 14.4 Å². The summed E-state index contributed by atoms with van der Waals surface area (Å²) in [6, 6.07) is 4.62. The van der Waals surface area contributed by atoms with Gasteiger partial charge in [-0.15, -0.1) is 0 Å². The largest absolute Gasteiger partial charge is 0.508 e. The molecule has 0 aliphatic rings. The zero-order valence-corrected chi connectivity index (χ0v) is 25.7. The van der Waals surface area contributed by atoms with E-state index in [1.165, 1.54) is 19.2 Å². The molecule has 2 N–H and O–H groups in total. The molecule has 40 heavy (non-hydrogen) atoms. The van der Waals surface area contributed by atoms with Crippen LogP contribution in [0.25, 0.3) is 0 Å². The highest BCUT2D eigenvalue weighted by Gasteiger charge is 2.38. The van der Waals surface area contributed by atoms with Crippen LogP contribution in [0.3, 0.4) is 0 Å². The predicted octanol–water partition coefficient (Wildman–Crippen LogP) is 5.37. The number of benzene rings is 1. The lowest BCUT2D eigenvalue weighted by Gasteiger charge is -2.29. The second kappa shape index (κ2) is 14.5. The van der Waals surface area contributed by atoms with E-state index in [-0.39, 0.29) is 60.5 Å². The number of hydrogen-bond acceptors (Lipinski definition) is 10. The molecule has 0 aliphatic heterocycles. The predicted molar refractivity (Wildman–Crippen MR) is 150 cm³/mol. The molecule has 0 heterocycles. The summed E-state index contributed by atoms with van der Waals surface area (Å²) in [6.45, 7) is 17.0. The van der Waals surface area contributed by atoms with Gasteiger partial charge in [-0.2, -0.15) is 0 Å². The van der Waals surface area contributed by atoms with Crippen LogP contribution >= 0.6 is 0 Å². The smallest absolute Gasteiger partial charge is 0.468 e. The van der Waals surface area contributed by atoms with Crippen molar-refractivity contribution < 1.29 is 42.9 Å². The first-order chi connectivity index (χ1) is 18.2. The number of esters is 3. The van der Waals surface area contributed by atoms with Gasteiger partial charge in [0, 0.05) is 12.8 Å². The van der Waals surface area contributed by atoms with E-state index in [0.29, 0.717) is 5.56 Å². The van der Waals surface area contributed by atoms with Crippen molar-refractivity contribution in [3.05, 3.63) is 23.8 Å². The van der Waals surface area contributed by atoms with E-state index in [1.807, 2.05) is 55.4 Å². The molecule has 1 aromatic rings.